The number of amides is 4. The van der Waals surface area contributed by atoms with Crippen LogP contribution in [0.5, 0.6) is 11.5 Å². The van der Waals surface area contributed by atoms with Gasteiger partial charge in [0.25, 0.3) is 0 Å². The molecule has 4 aliphatic rings. The van der Waals surface area contributed by atoms with E-state index >= 15 is 0 Å². The highest BCUT2D eigenvalue weighted by atomic mass is 35.5. The van der Waals surface area contributed by atoms with Crippen molar-refractivity contribution in [2.45, 2.75) is 118 Å². The van der Waals surface area contributed by atoms with Gasteiger partial charge in [0.05, 0.1) is 26.3 Å². The lowest BCUT2D eigenvalue weighted by Gasteiger charge is -2.31. The predicted molar refractivity (Wildman–Crippen MR) is 249 cm³/mol. The summed E-state index contributed by atoms with van der Waals surface area (Å²) in [6.45, 7) is 17.7. The van der Waals surface area contributed by atoms with Gasteiger partial charge in [-0.2, -0.15) is 0 Å². The van der Waals surface area contributed by atoms with Crippen LogP contribution in [0.1, 0.15) is 116 Å². The van der Waals surface area contributed by atoms with Gasteiger partial charge in [0, 0.05) is 46.5 Å². The second kappa shape index (κ2) is 18.0. The Labute approximate surface area is 395 Å². The van der Waals surface area contributed by atoms with Crippen molar-refractivity contribution < 1.29 is 38.1 Å². The molecule has 4 aliphatic heterocycles. The van der Waals surface area contributed by atoms with Crippen LogP contribution in [0.3, 0.4) is 0 Å². The Morgan fingerprint density at radius 1 is 0.712 bits per heavy atom. The van der Waals surface area contributed by atoms with Crippen LogP contribution in [-0.2, 0) is 32.3 Å². The van der Waals surface area contributed by atoms with Crippen molar-refractivity contribution in [3.8, 4) is 45.1 Å². The van der Waals surface area contributed by atoms with Crippen molar-refractivity contribution in [3.05, 3.63) is 57.3 Å². The first kappa shape index (κ1) is 47.0. The minimum atomic E-state index is -0.772. The topological polar surface area (TPSA) is 193 Å². The van der Waals surface area contributed by atoms with E-state index in [4.69, 9.17) is 52.1 Å². The van der Waals surface area contributed by atoms with Crippen molar-refractivity contribution in [1.29, 1.82) is 0 Å². The normalized spacial score (nSPS) is 20.6. The van der Waals surface area contributed by atoms with Gasteiger partial charge in [-0.1, -0.05) is 91.4 Å². The van der Waals surface area contributed by atoms with Gasteiger partial charge < -0.3 is 49.3 Å². The van der Waals surface area contributed by atoms with Crippen LogP contribution in [0.15, 0.2) is 24.3 Å². The molecule has 8 rings (SSSR count). The SMILES string of the molecule is CC[C@H](C)[C@H](NC(=O)OC)C(=O)N1CC(C)(C)C[C@H]1c1nc(-c2cc3c4c(c2)OCc2cc(-c5nc([C@@H]6CC(C)(C)CN6C(=O)[C@@H](NC(=O)OC)[C@@H](C)CC)[nH]c5Cl)cc(c2-4)OC3)c(Cl)[nH]1. The Balaban J connectivity index is 1.07. The largest absolute Gasteiger partial charge is 0.488 e. The zero-order valence-electron chi connectivity index (χ0n) is 39.2. The molecule has 4 N–H and O–H groups in total. The molecule has 2 saturated heterocycles. The minimum absolute atomic E-state index is 0.133. The highest BCUT2D eigenvalue weighted by Gasteiger charge is 2.47. The number of nitrogens with one attached hydrogen (secondary N) is 4. The number of ether oxygens (including phenoxy) is 4. The molecule has 0 saturated carbocycles. The monoisotopic (exact) mass is 946 g/mol. The van der Waals surface area contributed by atoms with Gasteiger partial charge in [-0.15, -0.1) is 0 Å². The van der Waals surface area contributed by atoms with E-state index < -0.39 is 36.4 Å². The molecule has 4 aromatic rings. The summed E-state index contributed by atoms with van der Waals surface area (Å²) >= 11 is 13.9. The number of nitrogens with zero attached hydrogens (tertiary/aromatic N) is 4. The number of carbonyl (C=O) groups is 4. The van der Waals surface area contributed by atoms with Crippen molar-refractivity contribution in [2.24, 2.45) is 22.7 Å². The lowest BCUT2D eigenvalue weighted by Crippen LogP contribution is -2.51. The summed E-state index contributed by atoms with van der Waals surface area (Å²) < 4.78 is 22.7. The molecular formula is C48H60Cl2N8O8. The number of aromatic nitrogens is 4. The Kier molecular flexibility index (Phi) is 12.8. The predicted octanol–water partition coefficient (Wildman–Crippen LogP) is 9.37. The van der Waals surface area contributed by atoms with Crippen LogP contribution >= 0.6 is 23.2 Å². The molecule has 0 aliphatic carbocycles. The minimum Gasteiger partial charge on any atom is -0.488 e. The number of likely N-dealkylation sites (tertiary alicyclic amines) is 2. The van der Waals surface area contributed by atoms with Crippen LogP contribution in [0.2, 0.25) is 10.3 Å². The van der Waals surface area contributed by atoms with E-state index in [1.165, 1.54) is 14.2 Å². The molecule has 16 nitrogen and oxygen atoms in total. The summed E-state index contributed by atoms with van der Waals surface area (Å²) in [6, 6.07) is 5.55. The van der Waals surface area contributed by atoms with Crippen LogP contribution in [0.4, 0.5) is 9.59 Å². The number of alkyl carbamates (subject to hydrolysis) is 2. The zero-order chi connectivity index (χ0) is 47.6. The van der Waals surface area contributed by atoms with Gasteiger partial charge in [0.1, 0.15) is 70.1 Å². The van der Waals surface area contributed by atoms with Crippen molar-refractivity contribution >= 4 is 47.2 Å². The van der Waals surface area contributed by atoms with Crippen molar-refractivity contribution in [3.63, 3.8) is 0 Å². The molecule has 2 aromatic carbocycles. The highest BCUT2D eigenvalue weighted by molar-refractivity contribution is 6.32. The standard InChI is InChI=1S/C48H60Cl2N8O8/c1-11-23(3)35(53-45(61)63-9)43(59)57-21-47(5,6)17-29(57)41-51-37(39(49)55-41)25-13-27-19-66-32-16-26(14-28-20-65-31(15-25)33(27)34(28)32)38-40(50)56-42(52-38)30-18-48(7,8)22-58(30)44(60)36(24(4)12-2)54-46(62)64-10/h13-16,23-24,29-30,35-36H,11-12,17-22H2,1-10H3,(H,51,55)(H,52,56)(H,53,61)(H,54,62)/t23-,24-,29-,30-,35-,36-/m0/s1. The number of imidazole rings is 2. The lowest BCUT2D eigenvalue weighted by molar-refractivity contribution is -0.136. The first-order valence-electron chi connectivity index (χ1n) is 22.7. The maximum atomic E-state index is 14.2. The lowest BCUT2D eigenvalue weighted by atomic mass is 9.87. The molecule has 0 unspecified atom stereocenters. The van der Waals surface area contributed by atoms with E-state index in [0.717, 1.165) is 33.4 Å². The molecule has 6 atom stereocenters. The number of rotatable bonds is 12. The smallest absolute Gasteiger partial charge is 0.407 e. The molecule has 66 heavy (non-hydrogen) atoms. The molecule has 6 heterocycles. The average molecular weight is 948 g/mol. The van der Waals surface area contributed by atoms with Crippen LogP contribution in [0.25, 0.3) is 33.6 Å². The van der Waals surface area contributed by atoms with Crippen LogP contribution in [-0.4, -0.2) is 93.1 Å². The van der Waals surface area contributed by atoms with E-state index in [-0.39, 0.29) is 47.7 Å². The number of benzene rings is 2. The zero-order valence-corrected chi connectivity index (χ0v) is 40.8. The summed E-state index contributed by atoms with van der Waals surface area (Å²) in [5, 5.41) is 6.19. The number of carbonyl (C=O) groups excluding carboxylic acids is 4. The van der Waals surface area contributed by atoms with E-state index in [2.05, 4.69) is 48.3 Å². The molecule has 0 bridgehead atoms. The second-order valence-electron chi connectivity index (χ2n) is 19.9. The van der Waals surface area contributed by atoms with E-state index in [0.29, 0.717) is 83.6 Å². The molecule has 0 radical (unpaired) electrons. The number of hydrogen-bond acceptors (Lipinski definition) is 10. The average Bonchev–Trinajstić information content (AvgIpc) is 4.06. The maximum absolute atomic E-state index is 14.2. The van der Waals surface area contributed by atoms with Crippen molar-refractivity contribution in [1.82, 2.24) is 40.4 Å². The molecular weight excluding hydrogens is 887 g/mol. The van der Waals surface area contributed by atoms with Crippen LogP contribution < -0.4 is 20.1 Å². The van der Waals surface area contributed by atoms with E-state index in [1.54, 1.807) is 9.80 Å². The summed E-state index contributed by atoms with van der Waals surface area (Å²) in [4.78, 5) is 73.3. The summed E-state index contributed by atoms with van der Waals surface area (Å²) in [5.74, 6) is 1.79. The molecule has 4 amide bonds. The number of H-pyrrole nitrogens is 2. The van der Waals surface area contributed by atoms with Gasteiger partial charge in [0.2, 0.25) is 11.8 Å². The fourth-order valence-corrected chi connectivity index (χ4v) is 10.5. The van der Waals surface area contributed by atoms with Gasteiger partial charge >= 0.3 is 12.2 Å². The summed E-state index contributed by atoms with van der Waals surface area (Å²) in [7, 11) is 2.57. The Hall–Kier alpha value is -5.48. The first-order valence-corrected chi connectivity index (χ1v) is 23.4. The van der Waals surface area contributed by atoms with Gasteiger partial charge in [-0.05, 0) is 59.8 Å². The fourth-order valence-electron chi connectivity index (χ4n) is 9.98. The number of hydrogen-bond donors (Lipinski definition) is 4. The first-order chi connectivity index (χ1) is 31.3. The summed E-state index contributed by atoms with van der Waals surface area (Å²) in [5.41, 5.74) is 5.73. The third-order valence-electron chi connectivity index (χ3n) is 13.8. The van der Waals surface area contributed by atoms with Gasteiger partial charge in [0.15, 0.2) is 0 Å². The van der Waals surface area contributed by atoms with E-state index in [1.807, 2.05) is 52.0 Å². The fraction of sp³-hybridized carbons (Fsp3) is 0.542. The van der Waals surface area contributed by atoms with Gasteiger partial charge in [-0.3, -0.25) is 9.59 Å². The van der Waals surface area contributed by atoms with Crippen LogP contribution in [0, 0.1) is 22.7 Å². The Bertz CT molecular complexity index is 2350. The molecule has 2 fully saturated rings. The van der Waals surface area contributed by atoms with E-state index in [9.17, 15) is 19.2 Å². The maximum Gasteiger partial charge on any atom is 0.407 e. The molecule has 0 spiro atoms. The summed E-state index contributed by atoms with van der Waals surface area (Å²) in [6.07, 6.45) is 1.32. The molecule has 18 heteroatoms. The number of halogens is 2. The number of methoxy groups -OCH3 is 2. The third-order valence-corrected chi connectivity index (χ3v) is 14.3. The third kappa shape index (κ3) is 8.78. The number of aromatic amines is 2. The second-order valence-corrected chi connectivity index (χ2v) is 20.6. The quantitative estimate of drug-likeness (QED) is 0.106. The van der Waals surface area contributed by atoms with Crippen molar-refractivity contribution in [2.75, 3.05) is 27.3 Å². The molecule has 354 valence electrons. The molecule has 2 aromatic heterocycles. The Morgan fingerprint density at radius 2 is 1.09 bits per heavy atom. The van der Waals surface area contributed by atoms with Gasteiger partial charge in [-0.25, -0.2) is 19.6 Å². The highest BCUT2D eigenvalue weighted by Crippen LogP contribution is 2.52. The Morgan fingerprint density at radius 3 is 1.44 bits per heavy atom.